The molecule has 1 aromatic carbocycles. The van der Waals surface area contributed by atoms with Crippen molar-refractivity contribution in [1.82, 2.24) is 0 Å². The van der Waals surface area contributed by atoms with Crippen molar-refractivity contribution in [3.05, 3.63) is 22.7 Å². The van der Waals surface area contributed by atoms with Gasteiger partial charge in [0.1, 0.15) is 5.75 Å². The van der Waals surface area contributed by atoms with Crippen LogP contribution in [0.5, 0.6) is 5.75 Å². The number of rotatable bonds is 3. The minimum atomic E-state index is 0.104. The summed E-state index contributed by atoms with van der Waals surface area (Å²) < 4.78 is 6.15. The van der Waals surface area contributed by atoms with E-state index in [1.165, 1.54) is 0 Å². The molecule has 1 fully saturated rings. The Morgan fingerprint density at radius 2 is 2.25 bits per heavy atom. The van der Waals surface area contributed by atoms with E-state index in [9.17, 15) is 4.79 Å². The number of benzene rings is 1. The molecule has 1 N–H and O–H groups in total. The number of hydrogen-bond donors (Lipinski definition) is 1. The average Bonchev–Trinajstić information content (AvgIpc) is 2.18. The van der Waals surface area contributed by atoms with E-state index in [2.05, 4.69) is 21.2 Å². The summed E-state index contributed by atoms with van der Waals surface area (Å²) in [6.45, 7) is 0. The van der Waals surface area contributed by atoms with Crippen LogP contribution in [-0.4, -0.2) is 13.0 Å². The highest BCUT2D eigenvalue weighted by Crippen LogP contribution is 2.31. The Kier molecular flexibility index (Phi) is 3.49. The van der Waals surface area contributed by atoms with Crippen LogP contribution in [0.1, 0.15) is 19.3 Å². The minimum absolute atomic E-state index is 0.104. The molecule has 1 aliphatic rings. The fraction of sp³-hybridized carbons (Fsp3) is 0.417. The molecule has 1 saturated carbocycles. The van der Waals surface area contributed by atoms with Crippen LogP contribution in [0.2, 0.25) is 0 Å². The van der Waals surface area contributed by atoms with Gasteiger partial charge in [0, 0.05) is 10.4 Å². The number of methoxy groups -OCH3 is 1. The van der Waals surface area contributed by atoms with E-state index in [1.54, 1.807) is 7.11 Å². The van der Waals surface area contributed by atoms with E-state index in [-0.39, 0.29) is 11.8 Å². The molecule has 0 aromatic heterocycles. The van der Waals surface area contributed by atoms with Gasteiger partial charge in [-0.15, -0.1) is 0 Å². The molecule has 0 radical (unpaired) electrons. The van der Waals surface area contributed by atoms with Crippen LogP contribution < -0.4 is 10.1 Å². The van der Waals surface area contributed by atoms with Crippen LogP contribution >= 0.6 is 15.9 Å². The molecule has 4 heteroatoms. The molecule has 0 saturated heterocycles. The van der Waals surface area contributed by atoms with Gasteiger partial charge in [-0.25, -0.2) is 0 Å². The van der Waals surface area contributed by atoms with Crippen molar-refractivity contribution in [3.63, 3.8) is 0 Å². The lowest BCUT2D eigenvalue weighted by Gasteiger charge is -2.24. The second kappa shape index (κ2) is 4.87. The highest BCUT2D eigenvalue weighted by Gasteiger charge is 2.25. The predicted octanol–water partition coefficient (Wildman–Crippen LogP) is 3.20. The van der Waals surface area contributed by atoms with Gasteiger partial charge in [-0.3, -0.25) is 4.79 Å². The smallest absolute Gasteiger partial charge is 0.227 e. The summed E-state index contributed by atoms with van der Waals surface area (Å²) in [7, 11) is 1.60. The maximum atomic E-state index is 11.8. The van der Waals surface area contributed by atoms with Crippen LogP contribution in [0.25, 0.3) is 0 Å². The van der Waals surface area contributed by atoms with Gasteiger partial charge in [0.05, 0.1) is 12.8 Å². The maximum absolute atomic E-state index is 11.8. The molecule has 3 nitrogen and oxygen atoms in total. The van der Waals surface area contributed by atoms with Crippen LogP contribution in [-0.2, 0) is 4.79 Å². The molecule has 1 amide bonds. The third-order valence-corrected chi connectivity index (χ3v) is 3.39. The SMILES string of the molecule is COc1cc(Br)ccc1NC(=O)C1CCC1. The fourth-order valence-corrected chi connectivity index (χ4v) is 2.01. The van der Waals surface area contributed by atoms with Crippen molar-refractivity contribution in [2.45, 2.75) is 19.3 Å². The zero-order valence-corrected chi connectivity index (χ0v) is 10.7. The Morgan fingerprint density at radius 1 is 1.50 bits per heavy atom. The van der Waals surface area contributed by atoms with E-state index >= 15 is 0 Å². The standard InChI is InChI=1S/C12H14BrNO2/c1-16-11-7-9(13)5-6-10(11)14-12(15)8-3-2-4-8/h5-8H,2-4H2,1H3,(H,14,15). The fourth-order valence-electron chi connectivity index (χ4n) is 1.67. The summed E-state index contributed by atoms with van der Waals surface area (Å²) in [6.07, 6.45) is 3.17. The normalized spacial score (nSPS) is 15.4. The molecule has 0 bridgehead atoms. The van der Waals surface area contributed by atoms with Crippen LogP contribution in [0.15, 0.2) is 22.7 Å². The van der Waals surface area contributed by atoms with Crippen LogP contribution in [0.4, 0.5) is 5.69 Å². The first-order chi connectivity index (χ1) is 7.70. The highest BCUT2D eigenvalue weighted by molar-refractivity contribution is 9.10. The third-order valence-electron chi connectivity index (χ3n) is 2.90. The number of amides is 1. The molecule has 1 aliphatic carbocycles. The molecular weight excluding hydrogens is 270 g/mol. The Morgan fingerprint density at radius 3 is 2.81 bits per heavy atom. The first-order valence-electron chi connectivity index (χ1n) is 5.35. The second-order valence-electron chi connectivity index (χ2n) is 3.96. The van der Waals surface area contributed by atoms with Crippen molar-refractivity contribution in [1.29, 1.82) is 0 Å². The average molecular weight is 284 g/mol. The molecule has 2 rings (SSSR count). The lowest BCUT2D eigenvalue weighted by molar-refractivity contribution is -0.122. The lowest BCUT2D eigenvalue weighted by Crippen LogP contribution is -2.28. The quantitative estimate of drug-likeness (QED) is 0.925. The molecule has 1 aromatic rings. The Balaban J connectivity index is 2.10. The van der Waals surface area contributed by atoms with Gasteiger partial charge in [0.15, 0.2) is 0 Å². The Hall–Kier alpha value is -1.03. The third kappa shape index (κ3) is 2.38. The number of carbonyl (C=O) groups excluding carboxylic acids is 1. The largest absolute Gasteiger partial charge is 0.495 e. The second-order valence-corrected chi connectivity index (χ2v) is 4.88. The summed E-state index contributed by atoms with van der Waals surface area (Å²) in [5.41, 5.74) is 0.739. The zero-order chi connectivity index (χ0) is 11.5. The summed E-state index contributed by atoms with van der Waals surface area (Å²) in [6, 6.07) is 5.58. The molecule has 0 unspecified atom stereocenters. The highest BCUT2D eigenvalue weighted by atomic mass is 79.9. The topological polar surface area (TPSA) is 38.3 Å². The molecule has 0 aliphatic heterocycles. The van der Waals surface area contributed by atoms with Crippen molar-refractivity contribution >= 4 is 27.5 Å². The number of halogens is 1. The van der Waals surface area contributed by atoms with Gasteiger partial charge in [-0.1, -0.05) is 22.4 Å². The van der Waals surface area contributed by atoms with E-state index in [4.69, 9.17) is 4.74 Å². The van der Waals surface area contributed by atoms with Gasteiger partial charge in [-0.05, 0) is 31.0 Å². The number of hydrogen-bond acceptors (Lipinski definition) is 2. The van der Waals surface area contributed by atoms with Gasteiger partial charge in [0.25, 0.3) is 0 Å². The van der Waals surface area contributed by atoms with E-state index in [0.717, 1.165) is 29.4 Å². The zero-order valence-electron chi connectivity index (χ0n) is 9.13. The van der Waals surface area contributed by atoms with Crippen molar-refractivity contribution in [2.75, 3.05) is 12.4 Å². The molecule has 0 spiro atoms. The molecule has 0 heterocycles. The Labute approximate surface area is 103 Å². The minimum Gasteiger partial charge on any atom is -0.495 e. The van der Waals surface area contributed by atoms with E-state index in [1.807, 2.05) is 18.2 Å². The maximum Gasteiger partial charge on any atom is 0.227 e. The summed E-state index contributed by atoms with van der Waals surface area (Å²) in [4.78, 5) is 11.8. The van der Waals surface area contributed by atoms with E-state index < -0.39 is 0 Å². The number of ether oxygens (including phenoxy) is 1. The van der Waals surface area contributed by atoms with Crippen LogP contribution in [0.3, 0.4) is 0 Å². The van der Waals surface area contributed by atoms with Gasteiger partial charge in [0.2, 0.25) is 5.91 Å². The Bertz CT molecular complexity index is 402. The van der Waals surface area contributed by atoms with Gasteiger partial charge < -0.3 is 10.1 Å². The van der Waals surface area contributed by atoms with Crippen molar-refractivity contribution in [3.8, 4) is 5.75 Å². The van der Waals surface area contributed by atoms with Gasteiger partial charge >= 0.3 is 0 Å². The first-order valence-corrected chi connectivity index (χ1v) is 6.14. The monoisotopic (exact) mass is 283 g/mol. The van der Waals surface area contributed by atoms with E-state index in [0.29, 0.717) is 5.75 Å². The molecule has 0 atom stereocenters. The molecule has 86 valence electrons. The summed E-state index contributed by atoms with van der Waals surface area (Å²) >= 11 is 3.36. The summed E-state index contributed by atoms with van der Waals surface area (Å²) in [5.74, 6) is 0.974. The number of anilines is 1. The predicted molar refractivity (Wildman–Crippen MR) is 66.7 cm³/mol. The first kappa shape index (κ1) is 11.5. The molecule has 16 heavy (non-hydrogen) atoms. The summed E-state index contributed by atoms with van der Waals surface area (Å²) in [5, 5.41) is 2.91. The number of nitrogens with one attached hydrogen (secondary N) is 1. The lowest BCUT2D eigenvalue weighted by atomic mass is 9.85. The molecular formula is C12H14BrNO2. The van der Waals surface area contributed by atoms with Gasteiger partial charge in [-0.2, -0.15) is 0 Å². The van der Waals surface area contributed by atoms with Crippen molar-refractivity contribution in [2.24, 2.45) is 5.92 Å². The van der Waals surface area contributed by atoms with Crippen molar-refractivity contribution < 1.29 is 9.53 Å². The number of carbonyl (C=O) groups is 1. The van der Waals surface area contributed by atoms with Crippen LogP contribution in [0, 0.1) is 5.92 Å².